The van der Waals surface area contributed by atoms with Crippen LogP contribution in [0.3, 0.4) is 0 Å². The molecule has 0 fully saturated rings. The number of hydrogen-bond donors (Lipinski definition) is 1. The Morgan fingerprint density at radius 1 is 0.941 bits per heavy atom. The van der Waals surface area contributed by atoms with Gasteiger partial charge in [0.1, 0.15) is 11.2 Å². The van der Waals surface area contributed by atoms with Gasteiger partial charge in [-0.25, -0.2) is 0 Å². The molecule has 0 spiro atoms. The van der Waals surface area contributed by atoms with Crippen LogP contribution in [0.2, 0.25) is 0 Å². The molecule has 0 aliphatic heterocycles. The minimum Gasteiger partial charge on any atom is -0.481 e. The van der Waals surface area contributed by atoms with Gasteiger partial charge in [0.2, 0.25) is 0 Å². The molecule has 0 saturated heterocycles. The van der Waals surface area contributed by atoms with Crippen LogP contribution >= 0.6 is 0 Å². The number of rotatable bonds is 4. The second kappa shape index (κ2) is 5.87. The van der Waals surface area contributed by atoms with Gasteiger partial charge in [0.25, 0.3) is 0 Å². The smallest absolute Gasteiger partial charge is 0.316 e. The first-order chi connectivity index (χ1) is 6.92. The van der Waals surface area contributed by atoms with Crippen molar-refractivity contribution in [1.82, 2.24) is 0 Å². The van der Waals surface area contributed by atoms with Gasteiger partial charge in [-0.05, 0) is 20.8 Å². The van der Waals surface area contributed by atoms with Crippen molar-refractivity contribution in [2.24, 2.45) is 16.7 Å². The number of aliphatic carboxylic acids is 1. The molecular formula is C12H20IrO4. The quantitative estimate of drug-likeness (QED) is 0.706. The Morgan fingerprint density at radius 2 is 1.29 bits per heavy atom. The monoisotopic (exact) mass is 421 g/mol. The van der Waals surface area contributed by atoms with E-state index in [-0.39, 0.29) is 25.9 Å². The van der Waals surface area contributed by atoms with Crippen LogP contribution in [0.15, 0.2) is 0 Å². The summed E-state index contributed by atoms with van der Waals surface area (Å²) in [6, 6.07) is 0. The summed E-state index contributed by atoms with van der Waals surface area (Å²) >= 11 is 0. The van der Waals surface area contributed by atoms with E-state index in [0.29, 0.717) is 0 Å². The van der Waals surface area contributed by atoms with Gasteiger partial charge in [0, 0.05) is 25.5 Å². The van der Waals surface area contributed by atoms with Gasteiger partial charge in [-0.1, -0.05) is 20.8 Å². The average Bonchev–Trinajstić information content (AvgIpc) is 2.12. The summed E-state index contributed by atoms with van der Waals surface area (Å²) in [7, 11) is 0. The second-order valence-corrected chi connectivity index (χ2v) is 5.63. The molecule has 1 atom stereocenters. The molecule has 0 aromatic carbocycles. The molecule has 5 heteroatoms. The Bertz CT molecular complexity index is 326. The first kappa shape index (κ1) is 18.8. The SMILES string of the molecule is CC(C(=O)C(C)(C)C)C(=O)C(C)(C)C(=O)O.[Ir]. The largest absolute Gasteiger partial charge is 0.481 e. The van der Waals surface area contributed by atoms with Crippen molar-refractivity contribution in [1.29, 1.82) is 0 Å². The van der Waals surface area contributed by atoms with Crippen LogP contribution in [0.5, 0.6) is 0 Å². The molecule has 0 aromatic rings. The predicted molar refractivity (Wildman–Crippen MR) is 60.0 cm³/mol. The maximum absolute atomic E-state index is 11.9. The van der Waals surface area contributed by atoms with E-state index in [9.17, 15) is 14.4 Å². The van der Waals surface area contributed by atoms with Crippen molar-refractivity contribution in [3.63, 3.8) is 0 Å². The zero-order valence-electron chi connectivity index (χ0n) is 11.1. The van der Waals surface area contributed by atoms with Crippen LogP contribution in [0.1, 0.15) is 41.5 Å². The molecule has 4 nitrogen and oxygen atoms in total. The normalized spacial score (nSPS) is 13.5. The summed E-state index contributed by atoms with van der Waals surface area (Å²) in [5.41, 5.74) is -2.15. The summed E-state index contributed by atoms with van der Waals surface area (Å²) in [6.07, 6.45) is 0. The van der Waals surface area contributed by atoms with Gasteiger partial charge in [0.05, 0.1) is 5.92 Å². The molecule has 0 aromatic heterocycles. The number of hydrogen-bond acceptors (Lipinski definition) is 3. The average molecular weight is 421 g/mol. The van der Waals surface area contributed by atoms with Gasteiger partial charge in [-0.15, -0.1) is 0 Å². The molecule has 0 heterocycles. The van der Waals surface area contributed by atoms with Crippen LogP contribution in [0, 0.1) is 16.7 Å². The van der Waals surface area contributed by atoms with Gasteiger partial charge >= 0.3 is 5.97 Å². The fourth-order valence-corrected chi connectivity index (χ4v) is 1.42. The van der Waals surface area contributed by atoms with Crippen molar-refractivity contribution in [2.45, 2.75) is 41.5 Å². The van der Waals surface area contributed by atoms with Gasteiger partial charge < -0.3 is 5.11 Å². The molecule has 1 unspecified atom stereocenters. The molecule has 0 rings (SSSR count). The van der Waals surface area contributed by atoms with E-state index in [1.807, 2.05) is 0 Å². The second-order valence-electron chi connectivity index (χ2n) is 5.63. The zero-order valence-corrected chi connectivity index (χ0v) is 13.5. The molecule has 0 aliphatic rings. The molecular weight excluding hydrogens is 400 g/mol. The number of carboxylic acid groups (broad SMARTS) is 1. The number of Topliss-reactive ketones (excluding diaryl/α,β-unsaturated/α-hetero) is 2. The van der Waals surface area contributed by atoms with Crippen LogP contribution < -0.4 is 0 Å². The van der Waals surface area contributed by atoms with Crippen molar-refractivity contribution >= 4 is 17.5 Å². The van der Waals surface area contributed by atoms with Crippen molar-refractivity contribution in [2.75, 3.05) is 0 Å². The Balaban J connectivity index is 0. The maximum Gasteiger partial charge on any atom is 0.316 e. The fourth-order valence-electron chi connectivity index (χ4n) is 1.42. The molecule has 0 saturated carbocycles. The summed E-state index contributed by atoms with van der Waals surface area (Å²) in [4.78, 5) is 34.7. The van der Waals surface area contributed by atoms with Crippen LogP contribution in [-0.2, 0) is 34.5 Å². The molecule has 101 valence electrons. The topological polar surface area (TPSA) is 71.4 Å². The molecule has 0 aliphatic carbocycles. The molecule has 1 N–H and O–H groups in total. The van der Waals surface area contributed by atoms with Crippen LogP contribution in [0.25, 0.3) is 0 Å². The number of carbonyl (C=O) groups is 3. The van der Waals surface area contributed by atoms with Crippen LogP contribution in [-0.4, -0.2) is 22.6 Å². The third-order valence-corrected chi connectivity index (χ3v) is 2.68. The van der Waals surface area contributed by atoms with Crippen molar-refractivity contribution in [3.05, 3.63) is 0 Å². The number of ketones is 2. The van der Waals surface area contributed by atoms with E-state index in [1.165, 1.54) is 20.8 Å². The standard InChI is InChI=1S/C12H20O4.Ir/c1-7(8(13)11(2,3)4)9(14)12(5,6)10(15)16;/h7H,1-6H3,(H,15,16);. The number of carbonyl (C=O) groups excluding carboxylic acids is 2. The van der Waals surface area contributed by atoms with E-state index < -0.39 is 28.5 Å². The Hall–Kier alpha value is -0.541. The van der Waals surface area contributed by atoms with Gasteiger partial charge in [-0.3, -0.25) is 14.4 Å². The van der Waals surface area contributed by atoms with E-state index in [1.54, 1.807) is 20.8 Å². The van der Waals surface area contributed by atoms with E-state index >= 15 is 0 Å². The molecule has 1 radical (unpaired) electrons. The number of carboxylic acids is 1. The fraction of sp³-hybridized carbons (Fsp3) is 0.750. The predicted octanol–water partition coefficient (Wildman–Crippen LogP) is 1.92. The third-order valence-electron chi connectivity index (χ3n) is 2.68. The van der Waals surface area contributed by atoms with Crippen LogP contribution in [0.4, 0.5) is 0 Å². The first-order valence-corrected chi connectivity index (χ1v) is 5.24. The van der Waals surface area contributed by atoms with E-state index in [0.717, 1.165) is 0 Å². The summed E-state index contributed by atoms with van der Waals surface area (Å²) in [6.45, 7) is 9.27. The van der Waals surface area contributed by atoms with E-state index in [2.05, 4.69) is 0 Å². The Kier molecular flexibility index (Phi) is 6.50. The third kappa shape index (κ3) is 4.32. The Morgan fingerprint density at radius 3 is 1.53 bits per heavy atom. The minimum atomic E-state index is -1.51. The van der Waals surface area contributed by atoms with E-state index in [4.69, 9.17) is 5.11 Å². The Labute approximate surface area is 116 Å². The van der Waals surface area contributed by atoms with Gasteiger partial charge in [0.15, 0.2) is 5.78 Å². The molecule has 0 amide bonds. The first-order valence-electron chi connectivity index (χ1n) is 5.24. The summed E-state index contributed by atoms with van der Waals surface area (Å²) in [5.74, 6) is -2.86. The zero-order chi connectivity index (χ0) is 13.3. The van der Waals surface area contributed by atoms with Crippen molar-refractivity contribution < 1.29 is 39.6 Å². The summed E-state index contributed by atoms with van der Waals surface area (Å²) < 4.78 is 0. The maximum atomic E-state index is 11.9. The molecule has 17 heavy (non-hydrogen) atoms. The minimum absolute atomic E-state index is 0. The summed E-state index contributed by atoms with van der Waals surface area (Å²) in [5, 5.41) is 8.91. The van der Waals surface area contributed by atoms with Gasteiger partial charge in [-0.2, -0.15) is 0 Å². The van der Waals surface area contributed by atoms with Crippen molar-refractivity contribution in [3.8, 4) is 0 Å². The molecule has 0 bridgehead atoms.